The average molecular weight is 288 g/mol. The van der Waals surface area contributed by atoms with Gasteiger partial charge in [0.15, 0.2) is 0 Å². The van der Waals surface area contributed by atoms with Crippen LogP contribution in [0.1, 0.15) is 43.6 Å². The monoisotopic (exact) mass is 288 g/mol. The Morgan fingerprint density at radius 2 is 2.10 bits per heavy atom. The number of fused-ring (bicyclic) bond motifs is 1. The maximum Gasteiger partial charge on any atom is 0.126 e. The number of rotatable bonds is 7. The van der Waals surface area contributed by atoms with Crippen LogP contribution in [0.5, 0.6) is 0 Å². The van der Waals surface area contributed by atoms with E-state index in [0.717, 1.165) is 37.3 Å². The Hall–Kier alpha value is -1.39. The number of hydrogen-bond donors (Lipinski definition) is 1. The molecule has 0 saturated carbocycles. The van der Waals surface area contributed by atoms with Gasteiger partial charge in [0.2, 0.25) is 0 Å². The smallest absolute Gasteiger partial charge is 0.126 e. The highest BCUT2D eigenvalue weighted by atomic mass is 15.1. The molecule has 0 radical (unpaired) electrons. The van der Waals surface area contributed by atoms with Gasteiger partial charge in [-0.3, -0.25) is 0 Å². The first-order chi connectivity index (χ1) is 10.0. The second-order valence-corrected chi connectivity index (χ2v) is 6.17. The number of nitrogens with zero attached hydrogens (tertiary/aromatic N) is 3. The van der Waals surface area contributed by atoms with Crippen LogP contribution in [0.25, 0.3) is 11.0 Å². The Balaban J connectivity index is 2.38. The third-order valence-corrected chi connectivity index (χ3v) is 3.90. The molecule has 2 rings (SSSR count). The van der Waals surface area contributed by atoms with Gasteiger partial charge in [-0.05, 0) is 45.1 Å². The second-order valence-electron chi connectivity index (χ2n) is 6.17. The molecule has 0 aliphatic rings. The maximum atomic E-state index is 6.39. The van der Waals surface area contributed by atoms with Crippen LogP contribution >= 0.6 is 0 Å². The molecule has 0 spiro atoms. The van der Waals surface area contributed by atoms with E-state index in [9.17, 15) is 0 Å². The van der Waals surface area contributed by atoms with Crippen LogP contribution in [-0.2, 0) is 6.54 Å². The van der Waals surface area contributed by atoms with E-state index >= 15 is 0 Å². The zero-order chi connectivity index (χ0) is 15.4. The summed E-state index contributed by atoms with van der Waals surface area (Å²) in [7, 11) is 4.19. The Morgan fingerprint density at radius 3 is 2.76 bits per heavy atom. The van der Waals surface area contributed by atoms with E-state index < -0.39 is 0 Å². The summed E-state index contributed by atoms with van der Waals surface area (Å²) in [4.78, 5) is 7.02. The Kier molecular flexibility index (Phi) is 5.37. The lowest BCUT2D eigenvalue weighted by molar-refractivity contribution is 0.379. The van der Waals surface area contributed by atoms with E-state index in [0.29, 0.717) is 0 Å². The highest BCUT2D eigenvalue weighted by molar-refractivity contribution is 5.77. The van der Waals surface area contributed by atoms with Crippen LogP contribution in [0, 0.1) is 6.92 Å². The predicted octanol–water partition coefficient (Wildman–Crippen LogP) is 3.10. The number of aryl methyl sites for hydroxylation is 1. The Bertz CT molecular complexity index is 586. The summed E-state index contributed by atoms with van der Waals surface area (Å²) in [6, 6.07) is 6.50. The average Bonchev–Trinajstić information content (AvgIpc) is 2.80. The minimum atomic E-state index is 0.0276. The maximum absolute atomic E-state index is 6.39. The van der Waals surface area contributed by atoms with Crippen molar-refractivity contribution in [3.63, 3.8) is 0 Å². The van der Waals surface area contributed by atoms with E-state index in [4.69, 9.17) is 10.7 Å². The molecule has 2 N–H and O–H groups in total. The molecule has 1 heterocycles. The van der Waals surface area contributed by atoms with Crippen molar-refractivity contribution in [2.75, 3.05) is 20.6 Å². The zero-order valence-electron chi connectivity index (χ0n) is 13.8. The van der Waals surface area contributed by atoms with Crippen molar-refractivity contribution in [1.29, 1.82) is 0 Å². The number of nitrogens with two attached hydrogens (primary N) is 1. The molecule has 4 nitrogen and oxygen atoms in total. The quantitative estimate of drug-likeness (QED) is 0.851. The van der Waals surface area contributed by atoms with E-state index in [1.165, 1.54) is 17.5 Å². The summed E-state index contributed by atoms with van der Waals surface area (Å²) in [6.07, 6.45) is 3.32. The van der Waals surface area contributed by atoms with Crippen molar-refractivity contribution >= 4 is 11.0 Å². The molecule has 0 aliphatic carbocycles. The van der Waals surface area contributed by atoms with Crippen LogP contribution in [-0.4, -0.2) is 35.1 Å². The number of unbranched alkanes of at least 4 members (excludes halogenated alkanes) is 1. The Labute approximate surface area is 128 Å². The van der Waals surface area contributed by atoms with Crippen molar-refractivity contribution in [2.24, 2.45) is 5.73 Å². The molecule has 0 amide bonds. The second kappa shape index (κ2) is 7.05. The van der Waals surface area contributed by atoms with Gasteiger partial charge >= 0.3 is 0 Å². The first kappa shape index (κ1) is 16.0. The highest BCUT2D eigenvalue weighted by Gasteiger charge is 2.16. The zero-order valence-corrected chi connectivity index (χ0v) is 13.8. The fourth-order valence-corrected chi connectivity index (χ4v) is 2.63. The van der Waals surface area contributed by atoms with Gasteiger partial charge < -0.3 is 15.2 Å². The first-order valence-electron chi connectivity index (χ1n) is 7.90. The number of imidazole rings is 1. The van der Waals surface area contributed by atoms with E-state index in [1.807, 2.05) is 0 Å². The van der Waals surface area contributed by atoms with Gasteiger partial charge in [0.1, 0.15) is 5.82 Å². The van der Waals surface area contributed by atoms with E-state index in [-0.39, 0.29) is 6.04 Å². The fraction of sp³-hybridized carbons (Fsp3) is 0.588. The lowest BCUT2D eigenvalue weighted by Gasteiger charge is -2.16. The standard InChI is InChI=1S/C17H28N4/c1-5-6-7-14(18)17-19-15-12-13(2)8-9-16(15)21(17)11-10-20(3)4/h8-9,12,14H,5-7,10-11,18H2,1-4H3. The van der Waals surface area contributed by atoms with Gasteiger partial charge in [0.05, 0.1) is 17.1 Å². The molecule has 1 aromatic carbocycles. The van der Waals surface area contributed by atoms with Crippen molar-refractivity contribution in [2.45, 2.75) is 45.7 Å². The molecule has 0 aliphatic heterocycles. The highest BCUT2D eigenvalue weighted by Crippen LogP contribution is 2.23. The SMILES string of the molecule is CCCCC(N)c1nc2cc(C)ccc2n1CCN(C)C. The van der Waals surface area contributed by atoms with E-state index in [1.54, 1.807) is 0 Å². The lowest BCUT2D eigenvalue weighted by atomic mass is 10.1. The minimum absolute atomic E-state index is 0.0276. The molecule has 4 heteroatoms. The largest absolute Gasteiger partial charge is 0.325 e. The van der Waals surface area contributed by atoms with Crippen molar-refractivity contribution in [3.05, 3.63) is 29.6 Å². The van der Waals surface area contributed by atoms with Gasteiger partial charge in [-0.25, -0.2) is 4.98 Å². The van der Waals surface area contributed by atoms with Crippen molar-refractivity contribution in [3.8, 4) is 0 Å². The number of benzene rings is 1. The normalized spacial score (nSPS) is 13.2. The molecule has 0 fully saturated rings. The molecule has 1 unspecified atom stereocenters. The lowest BCUT2D eigenvalue weighted by Crippen LogP contribution is -2.22. The molecular formula is C17H28N4. The molecule has 1 aromatic heterocycles. The summed E-state index contributed by atoms with van der Waals surface area (Å²) in [6.45, 7) is 6.23. The molecule has 1 atom stereocenters. The summed E-state index contributed by atoms with van der Waals surface area (Å²) >= 11 is 0. The van der Waals surface area contributed by atoms with Crippen LogP contribution in [0.4, 0.5) is 0 Å². The molecule has 0 bridgehead atoms. The van der Waals surface area contributed by atoms with Crippen molar-refractivity contribution in [1.82, 2.24) is 14.5 Å². The third kappa shape index (κ3) is 3.83. The van der Waals surface area contributed by atoms with Gasteiger partial charge in [-0.15, -0.1) is 0 Å². The van der Waals surface area contributed by atoms with Crippen LogP contribution in [0.3, 0.4) is 0 Å². The summed E-state index contributed by atoms with van der Waals surface area (Å²) in [5, 5.41) is 0. The van der Waals surface area contributed by atoms with Crippen LogP contribution < -0.4 is 5.73 Å². The van der Waals surface area contributed by atoms with Gasteiger partial charge in [0.25, 0.3) is 0 Å². The molecule has 0 saturated heterocycles. The first-order valence-corrected chi connectivity index (χ1v) is 7.90. The van der Waals surface area contributed by atoms with E-state index in [2.05, 4.69) is 55.6 Å². The number of likely N-dealkylation sites (N-methyl/N-ethyl adjacent to an activating group) is 1. The van der Waals surface area contributed by atoms with Gasteiger partial charge in [0, 0.05) is 13.1 Å². The number of hydrogen-bond acceptors (Lipinski definition) is 3. The molecule has 116 valence electrons. The van der Waals surface area contributed by atoms with Crippen molar-refractivity contribution < 1.29 is 0 Å². The molecule has 21 heavy (non-hydrogen) atoms. The fourth-order valence-electron chi connectivity index (χ4n) is 2.63. The third-order valence-electron chi connectivity index (χ3n) is 3.90. The summed E-state index contributed by atoms with van der Waals surface area (Å²) in [5.74, 6) is 1.03. The van der Waals surface area contributed by atoms with Crippen LogP contribution in [0.15, 0.2) is 18.2 Å². The summed E-state index contributed by atoms with van der Waals surface area (Å²) < 4.78 is 2.30. The minimum Gasteiger partial charge on any atom is -0.325 e. The van der Waals surface area contributed by atoms with Crippen LogP contribution in [0.2, 0.25) is 0 Å². The van der Waals surface area contributed by atoms with Gasteiger partial charge in [-0.1, -0.05) is 25.8 Å². The molecule has 2 aromatic rings. The summed E-state index contributed by atoms with van der Waals surface area (Å²) in [5.41, 5.74) is 9.90. The topological polar surface area (TPSA) is 47.1 Å². The number of aromatic nitrogens is 2. The Morgan fingerprint density at radius 1 is 1.33 bits per heavy atom. The van der Waals surface area contributed by atoms with Gasteiger partial charge in [-0.2, -0.15) is 0 Å². The predicted molar refractivity (Wildman–Crippen MR) is 89.5 cm³/mol. The molecular weight excluding hydrogens is 260 g/mol.